The third kappa shape index (κ3) is 2.30. The Hall–Kier alpha value is -0.840. The average Bonchev–Trinajstić information content (AvgIpc) is 2.03. The largest absolute Gasteiger partial charge is 0.298 e. The van der Waals surface area contributed by atoms with Crippen molar-refractivity contribution in [1.29, 1.82) is 5.26 Å². The first-order chi connectivity index (χ1) is 5.95. The summed E-state index contributed by atoms with van der Waals surface area (Å²) in [4.78, 5) is 11.3. The zero-order valence-electron chi connectivity index (χ0n) is 8.63. The Morgan fingerprint density at radius 2 is 2.08 bits per heavy atom. The molecule has 0 N–H and O–H groups in total. The minimum absolute atomic E-state index is 0.142. The number of nitrogens with zero attached hydrogens (tertiary/aromatic N) is 1. The van der Waals surface area contributed by atoms with E-state index in [0.29, 0.717) is 12.3 Å². The molecule has 1 saturated carbocycles. The van der Waals surface area contributed by atoms with Crippen LogP contribution in [-0.4, -0.2) is 5.78 Å². The van der Waals surface area contributed by atoms with Gasteiger partial charge in [-0.2, -0.15) is 5.26 Å². The van der Waals surface area contributed by atoms with Crippen LogP contribution in [0.3, 0.4) is 0 Å². The molecule has 0 spiro atoms. The molecule has 0 aliphatic heterocycles. The van der Waals surface area contributed by atoms with Crippen molar-refractivity contribution >= 4 is 5.78 Å². The molecule has 2 atom stereocenters. The van der Waals surface area contributed by atoms with Crippen LogP contribution in [-0.2, 0) is 4.79 Å². The summed E-state index contributed by atoms with van der Waals surface area (Å²) in [6.07, 6.45) is 2.32. The van der Waals surface area contributed by atoms with Gasteiger partial charge in [-0.1, -0.05) is 20.8 Å². The van der Waals surface area contributed by atoms with Crippen molar-refractivity contribution in [2.45, 2.75) is 40.0 Å². The van der Waals surface area contributed by atoms with Gasteiger partial charge in [0, 0.05) is 6.42 Å². The Labute approximate surface area is 79.9 Å². The molecule has 1 rings (SSSR count). The maximum Gasteiger partial charge on any atom is 0.150 e. The Bertz CT molecular complexity index is 244. The van der Waals surface area contributed by atoms with Crippen molar-refractivity contribution in [3.8, 4) is 6.07 Å². The zero-order chi connectivity index (χ0) is 10.1. The topological polar surface area (TPSA) is 40.9 Å². The number of ketones is 1. The molecule has 0 heterocycles. The summed E-state index contributed by atoms with van der Waals surface area (Å²) < 4.78 is 0. The molecule has 0 amide bonds. The first-order valence-electron chi connectivity index (χ1n) is 4.87. The van der Waals surface area contributed by atoms with Gasteiger partial charge in [0.1, 0.15) is 11.7 Å². The highest BCUT2D eigenvalue weighted by Gasteiger charge is 2.34. The van der Waals surface area contributed by atoms with Crippen molar-refractivity contribution in [3.05, 3.63) is 0 Å². The lowest BCUT2D eigenvalue weighted by molar-refractivity contribution is -0.124. The molecule has 13 heavy (non-hydrogen) atoms. The number of nitriles is 1. The van der Waals surface area contributed by atoms with Crippen LogP contribution < -0.4 is 0 Å². The number of hydrogen-bond acceptors (Lipinski definition) is 2. The average molecular weight is 179 g/mol. The van der Waals surface area contributed by atoms with Gasteiger partial charge in [0.15, 0.2) is 0 Å². The molecular formula is C11H17NO. The van der Waals surface area contributed by atoms with Gasteiger partial charge >= 0.3 is 0 Å². The molecule has 1 aliphatic rings. The predicted molar refractivity (Wildman–Crippen MR) is 50.9 cm³/mol. The van der Waals surface area contributed by atoms with Crippen molar-refractivity contribution in [3.63, 3.8) is 0 Å². The van der Waals surface area contributed by atoms with Crippen molar-refractivity contribution in [2.75, 3.05) is 0 Å². The first-order valence-corrected chi connectivity index (χ1v) is 4.87. The predicted octanol–water partition coefficient (Wildman–Crippen LogP) is 2.54. The molecule has 1 fully saturated rings. The molecular weight excluding hydrogens is 162 g/mol. The van der Waals surface area contributed by atoms with Crippen LogP contribution in [0.2, 0.25) is 0 Å². The Balaban J connectivity index is 2.67. The van der Waals surface area contributed by atoms with Gasteiger partial charge < -0.3 is 0 Å². The molecule has 2 heteroatoms. The second-order valence-corrected chi connectivity index (χ2v) is 4.99. The van der Waals surface area contributed by atoms with E-state index < -0.39 is 0 Å². The third-order valence-electron chi connectivity index (χ3n) is 3.03. The summed E-state index contributed by atoms with van der Waals surface area (Å²) >= 11 is 0. The van der Waals surface area contributed by atoms with Crippen molar-refractivity contribution in [1.82, 2.24) is 0 Å². The second-order valence-electron chi connectivity index (χ2n) is 4.99. The molecule has 0 aromatic rings. The van der Waals surface area contributed by atoms with Gasteiger partial charge in [0.25, 0.3) is 0 Å². The van der Waals surface area contributed by atoms with E-state index in [4.69, 9.17) is 5.26 Å². The molecule has 0 radical (unpaired) electrons. The molecule has 0 aromatic heterocycles. The van der Waals surface area contributed by atoms with E-state index in [1.54, 1.807) is 0 Å². The standard InChI is InChI=1S/C11H17NO/c1-11(2,3)9-4-5-10(13)8(6-9)7-12/h8-9H,4-6H2,1-3H3. The van der Waals surface area contributed by atoms with E-state index in [-0.39, 0.29) is 17.1 Å². The fourth-order valence-corrected chi connectivity index (χ4v) is 1.94. The van der Waals surface area contributed by atoms with E-state index in [1.807, 2.05) is 0 Å². The van der Waals surface area contributed by atoms with E-state index >= 15 is 0 Å². The van der Waals surface area contributed by atoms with Gasteiger partial charge in [-0.25, -0.2) is 0 Å². The van der Waals surface area contributed by atoms with Crippen molar-refractivity contribution in [2.24, 2.45) is 17.3 Å². The van der Waals surface area contributed by atoms with Gasteiger partial charge in [0.05, 0.1) is 6.07 Å². The van der Waals surface area contributed by atoms with E-state index in [1.165, 1.54) is 0 Å². The van der Waals surface area contributed by atoms with Crippen LogP contribution >= 0.6 is 0 Å². The summed E-state index contributed by atoms with van der Waals surface area (Å²) in [5.41, 5.74) is 0.232. The number of carbonyl (C=O) groups excluding carboxylic acids is 1. The SMILES string of the molecule is CC(C)(C)C1CCC(=O)C(C#N)C1. The van der Waals surface area contributed by atoms with E-state index in [9.17, 15) is 4.79 Å². The number of rotatable bonds is 0. The van der Waals surface area contributed by atoms with Crippen LogP contribution in [0.1, 0.15) is 40.0 Å². The van der Waals surface area contributed by atoms with Gasteiger partial charge in [-0.15, -0.1) is 0 Å². The minimum Gasteiger partial charge on any atom is -0.298 e. The minimum atomic E-state index is -0.335. The number of Topliss-reactive ketones (excluding diaryl/α,β-unsaturated/α-hetero) is 1. The molecule has 72 valence electrons. The van der Waals surface area contributed by atoms with Crippen LogP contribution in [0, 0.1) is 28.6 Å². The van der Waals surface area contributed by atoms with Crippen LogP contribution in [0.4, 0.5) is 0 Å². The lowest BCUT2D eigenvalue weighted by Gasteiger charge is -2.34. The maximum atomic E-state index is 11.3. The normalized spacial score (nSPS) is 29.8. The molecule has 1 aliphatic carbocycles. The Morgan fingerprint density at radius 1 is 1.46 bits per heavy atom. The molecule has 0 aromatic carbocycles. The highest BCUT2D eigenvalue weighted by molar-refractivity contribution is 5.84. The lowest BCUT2D eigenvalue weighted by Crippen LogP contribution is -2.31. The highest BCUT2D eigenvalue weighted by Crippen LogP contribution is 2.38. The third-order valence-corrected chi connectivity index (χ3v) is 3.03. The smallest absolute Gasteiger partial charge is 0.150 e. The monoisotopic (exact) mass is 179 g/mol. The summed E-state index contributed by atoms with van der Waals surface area (Å²) in [6.45, 7) is 6.55. The zero-order valence-corrected chi connectivity index (χ0v) is 8.63. The Kier molecular flexibility index (Phi) is 2.75. The van der Waals surface area contributed by atoms with Crippen molar-refractivity contribution < 1.29 is 4.79 Å². The van der Waals surface area contributed by atoms with Gasteiger partial charge in [-0.3, -0.25) is 4.79 Å². The molecule has 2 nitrogen and oxygen atoms in total. The fraction of sp³-hybridized carbons (Fsp3) is 0.818. The summed E-state index contributed by atoms with van der Waals surface area (Å²) in [6, 6.07) is 2.11. The van der Waals surface area contributed by atoms with Gasteiger partial charge in [0.2, 0.25) is 0 Å². The Morgan fingerprint density at radius 3 is 2.54 bits per heavy atom. The molecule has 2 unspecified atom stereocenters. The second kappa shape index (κ2) is 3.49. The van der Waals surface area contributed by atoms with E-state index in [0.717, 1.165) is 12.8 Å². The quantitative estimate of drug-likeness (QED) is 0.573. The highest BCUT2D eigenvalue weighted by atomic mass is 16.1. The fourth-order valence-electron chi connectivity index (χ4n) is 1.94. The van der Waals surface area contributed by atoms with Crippen LogP contribution in [0.5, 0.6) is 0 Å². The number of hydrogen-bond donors (Lipinski definition) is 0. The van der Waals surface area contributed by atoms with E-state index in [2.05, 4.69) is 26.8 Å². The maximum absolute atomic E-state index is 11.3. The van der Waals surface area contributed by atoms with Gasteiger partial charge in [-0.05, 0) is 24.2 Å². The molecule has 0 bridgehead atoms. The summed E-state index contributed by atoms with van der Waals surface area (Å²) in [5.74, 6) is 0.329. The molecule has 0 saturated heterocycles. The summed E-state index contributed by atoms with van der Waals surface area (Å²) in [5, 5.41) is 8.77. The summed E-state index contributed by atoms with van der Waals surface area (Å²) in [7, 11) is 0. The van der Waals surface area contributed by atoms with Crippen LogP contribution in [0.25, 0.3) is 0 Å². The first kappa shape index (κ1) is 10.2. The number of carbonyl (C=O) groups is 1. The lowest BCUT2D eigenvalue weighted by atomic mass is 9.69. The van der Waals surface area contributed by atoms with Crippen LogP contribution in [0.15, 0.2) is 0 Å².